The van der Waals surface area contributed by atoms with E-state index in [1.54, 1.807) is 36.7 Å². The van der Waals surface area contributed by atoms with Crippen LogP contribution in [0.1, 0.15) is 11.1 Å². The molecule has 1 aliphatic rings. The number of para-hydroxylation sites is 1. The zero-order chi connectivity index (χ0) is 26.7. The molecule has 1 aliphatic heterocycles. The molecule has 1 fully saturated rings. The van der Waals surface area contributed by atoms with Crippen LogP contribution in [0, 0.1) is 0 Å². The zero-order valence-corrected chi connectivity index (χ0v) is 21.9. The average Bonchev–Trinajstić information content (AvgIpc) is 2.94. The maximum Gasteiger partial charge on any atom is 0.264 e. The van der Waals surface area contributed by atoms with E-state index in [1.807, 2.05) is 30.3 Å². The minimum Gasteiger partial charge on any atom is -0.495 e. The van der Waals surface area contributed by atoms with E-state index in [4.69, 9.17) is 4.74 Å². The van der Waals surface area contributed by atoms with Gasteiger partial charge in [-0.05, 0) is 30.3 Å². The second-order valence-corrected chi connectivity index (χ2v) is 10.7. The van der Waals surface area contributed by atoms with E-state index in [0.29, 0.717) is 23.5 Å². The van der Waals surface area contributed by atoms with Crippen LogP contribution in [-0.4, -0.2) is 61.5 Å². The van der Waals surface area contributed by atoms with Crippen LogP contribution >= 0.6 is 0 Å². The summed E-state index contributed by atoms with van der Waals surface area (Å²) in [5.74, 6) is 0.391. The highest BCUT2D eigenvalue weighted by Crippen LogP contribution is 2.32. The topological polar surface area (TPSA) is 108 Å². The van der Waals surface area contributed by atoms with E-state index in [9.17, 15) is 13.2 Å². The van der Waals surface area contributed by atoms with Crippen LogP contribution in [-0.2, 0) is 16.6 Å². The highest BCUT2D eigenvalue weighted by Gasteiger charge is 2.23. The van der Waals surface area contributed by atoms with Gasteiger partial charge in [0.2, 0.25) is 0 Å². The molecule has 0 atom stereocenters. The molecule has 196 valence electrons. The Hall–Kier alpha value is -4.15. The molecule has 3 heterocycles. The van der Waals surface area contributed by atoms with Gasteiger partial charge in [0.1, 0.15) is 10.6 Å². The Morgan fingerprint density at radius 3 is 2.63 bits per heavy atom. The maximum atomic E-state index is 13.3. The summed E-state index contributed by atoms with van der Waals surface area (Å²) in [5, 5.41) is 0.740. The minimum absolute atomic E-state index is 0.0566. The number of nitrogens with one attached hydrogen (secondary N) is 2. The summed E-state index contributed by atoms with van der Waals surface area (Å²) in [5.41, 5.74) is 3.09. The van der Waals surface area contributed by atoms with E-state index in [-0.39, 0.29) is 10.5 Å². The minimum atomic E-state index is -3.92. The lowest BCUT2D eigenvalue weighted by molar-refractivity contribution is 0.169. The molecule has 1 saturated heterocycles. The van der Waals surface area contributed by atoms with Crippen molar-refractivity contribution in [3.63, 3.8) is 0 Å². The Morgan fingerprint density at radius 1 is 1.08 bits per heavy atom. The molecular formula is C28H29N5O4S. The summed E-state index contributed by atoms with van der Waals surface area (Å²) in [6, 6.07) is 17.6. The summed E-state index contributed by atoms with van der Waals surface area (Å²) in [7, 11) is -2.41. The quantitative estimate of drug-likeness (QED) is 0.358. The standard InChI is InChI=1S/C28H29N5O4S/c1-20(33-16-14-32(15-17-33)19-23-8-5-13-30-28(23)34)22-10-11-24(25(18-22)37-2)31-38(35,36)26-9-3-6-21-7-4-12-29-27(21)26/h3-13,18,31H,1,14-17,19H2,2H3,(H,30,34). The highest BCUT2D eigenvalue weighted by molar-refractivity contribution is 7.93. The van der Waals surface area contributed by atoms with Crippen molar-refractivity contribution >= 4 is 32.3 Å². The molecule has 0 amide bonds. The van der Waals surface area contributed by atoms with E-state index in [0.717, 1.165) is 48.4 Å². The lowest BCUT2D eigenvalue weighted by Gasteiger charge is -2.37. The van der Waals surface area contributed by atoms with Crippen molar-refractivity contribution in [2.75, 3.05) is 38.0 Å². The van der Waals surface area contributed by atoms with Crippen LogP contribution in [0.4, 0.5) is 5.69 Å². The summed E-state index contributed by atoms with van der Waals surface area (Å²) in [6.07, 6.45) is 3.21. The normalized spacial score (nSPS) is 14.4. The predicted octanol–water partition coefficient (Wildman–Crippen LogP) is 3.52. The van der Waals surface area contributed by atoms with Gasteiger partial charge in [0.05, 0.1) is 18.3 Å². The number of rotatable bonds is 8. The Kier molecular flexibility index (Phi) is 7.17. The Balaban J connectivity index is 1.29. The Labute approximate surface area is 221 Å². The van der Waals surface area contributed by atoms with Gasteiger partial charge in [-0.1, -0.05) is 36.9 Å². The van der Waals surface area contributed by atoms with Crippen molar-refractivity contribution in [1.29, 1.82) is 0 Å². The molecule has 2 aromatic heterocycles. The number of H-pyrrole nitrogens is 1. The van der Waals surface area contributed by atoms with Crippen LogP contribution in [0.2, 0.25) is 0 Å². The monoisotopic (exact) mass is 531 g/mol. The molecule has 0 aliphatic carbocycles. The molecular weight excluding hydrogens is 502 g/mol. The fourth-order valence-corrected chi connectivity index (χ4v) is 5.88. The number of nitrogens with zero attached hydrogens (tertiary/aromatic N) is 3. The second-order valence-electron chi connectivity index (χ2n) is 9.09. The number of hydrogen-bond donors (Lipinski definition) is 2. The zero-order valence-electron chi connectivity index (χ0n) is 21.1. The van der Waals surface area contributed by atoms with Crippen LogP contribution in [0.5, 0.6) is 5.75 Å². The van der Waals surface area contributed by atoms with Gasteiger partial charge in [0.15, 0.2) is 0 Å². The molecule has 2 aromatic carbocycles. The van der Waals surface area contributed by atoms with Crippen LogP contribution < -0.4 is 15.0 Å². The molecule has 38 heavy (non-hydrogen) atoms. The number of piperazine rings is 1. The van der Waals surface area contributed by atoms with Gasteiger partial charge in [-0.2, -0.15) is 0 Å². The fraction of sp³-hybridized carbons (Fsp3) is 0.214. The lowest BCUT2D eigenvalue weighted by atomic mass is 10.1. The SMILES string of the molecule is C=C(c1ccc(NS(=O)(=O)c2cccc3cccnc23)c(OC)c1)N1CCN(Cc2ccc[nH]c2=O)CC1. The van der Waals surface area contributed by atoms with Crippen LogP contribution in [0.15, 0.2) is 89.3 Å². The van der Waals surface area contributed by atoms with Crippen molar-refractivity contribution in [1.82, 2.24) is 19.8 Å². The predicted molar refractivity (Wildman–Crippen MR) is 148 cm³/mol. The molecule has 5 rings (SSSR count). The fourth-order valence-electron chi connectivity index (χ4n) is 4.63. The van der Waals surface area contributed by atoms with Gasteiger partial charge in [-0.3, -0.25) is 19.4 Å². The number of pyridine rings is 2. The van der Waals surface area contributed by atoms with Gasteiger partial charge in [-0.25, -0.2) is 8.42 Å². The third kappa shape index (κ3) is 5.27. The first-order valence-electron chi connectivity index (χ1n) is 12.2. The largest absolute Gasteiger partial charge is 0.495 e. The average molecular weight is 532 g/mol. The number of sulfonamides is 1. The molecule has 4 aromatic rings. The molecule has 0 unspecified atom stereocenters. The number of aromatic nitrogens is 2. The van der Waals surface area contributed by atoms with E-state index >= 15 is 0 Å². The van der Waals surface area contributed by atoms with E-state index in [2.05, 4.69) is 31.1 Å². The molecule has 10 heteroatoms. The van der Waals surface area contributed by atoms with Gasteiger partial charge in [-0.15, -0.1) is 0 Å². The van der Waals surface area contributed by atoms with Gasteiger partial charge < -0.3 is 14.6 Å². The van der Waals surface area contributed by atoms with Gasteiger partial charge in [0, 0.05) is 67.3 Å². The van der Waals surface area contributed by atoms with Crippen LogP contribution in [0.3, 0.4) is 0 Å². The van der Waals surface area contributed by atoms with E-state index < -0.39 is 10.0 Å². The van der Waals surface area contributed by atoms with E-state index in [1.165, 1.54) is 13.2 Å². The van der Waals surface area contributed by atoms with Crippen molar-refractivity contribution in [2.24, 2.45) is 0 Å². The number of hydrogen-bond acceptors (Lipinski definition) is 7. The van der Waals surface area contributed by atoms with Crippen molar-refractivity contribution in [3.8, 4) is 5.75 Å². The summed E-state index contributed by atoms with van der Waals surface area (Å²) in [4.78, 5) is 23.5. The molecule has 9 nitrogen and oxygen atoms in total. The number of anilines is 1. The first-order chi connectivity index (χ1) is 18.4. The lowest BCUT2D eigenvalue weighted by Crippen LogP contribution is -2.45. The van der Waals surface area contributed by atoms with Crippen molar-refractivity contribution in [3.05, 3.63) is 101 Å². The smallest absolute Gasteiger partial charge is 0.264 e. The molecule has 0 radical (unpaired) electrons. The number of methoxy groups -OCH3 is 1. The highest BCUT2D eigenvalue weighted by atomic mass is 32.2. The molecule has 0 spiro atoms. The summed E-state index contributed by atoms with van der Waals surface area (Å²) in [6.45, 7) is 7.99. The number of ether oxygens (including phenoxy) is 1. The third-order valence-electron chi connectivity index (χ3n) is 6.71. The Bertz CT molecular complexity index is 1640. The van der Waals surface area contributed by atoms with Gasteiger partial charge in [0.25, 0.3) is 15.6 Å². The summed E-state index contributed by atoms with van der Waals surface area (Å²) >= 11 is 0. The Morgan fingerprint density at radius 2 is 1.87 bits per heavy atom. The van der Waals surface area contributed by atoms with Gasteiger partial charge >= 0.3 is 0 Å². The molecule has 0 bridgehead atoms. The number of benzene rings is 2. The first-order valence-corrected chi connectivity index (χ1v) is 13.7. The maximum absolute atomic E-state index is 13.3. The number of fused-ring (bicyclic) bond motifs is 1. The van der Waals surface area contributed by atoms with Crippen molar-refractivity contribution in [2.45, 2.75) is 11.4 Å². The second kappa shape index (κ2) is 10.7. The third-order valence-corrected chi connectivity index (χ3v) is 8.11. The molecule has 2 N–H and O–H groups in total. The van der Waals surface area contributed by atoms with Crippen molar-refractivity contribution < 1.29 is 13.2 Å². The van der Waals surface area contributed by atoms with Crippen LogP contribution in [0.25, 0.3) is 16.6 Å². The number of aromatic amines is 1. The summed E-state index contributed by atoms with van der Waals surface area (Å²) < 4.78 is 34.7. The molecule has 0 saturated carbocycles. The first kappa shape index (κ1) is 25.5.